The minimum absolute atomic E-state index is 0.141. The lowest BCUT2D eigenvalue weighted by Gasteiger charge is -2.37. The van der Waals surface area contributed by atoms with E-state index in [0.29, 0.717) is 11.6 Å². The summed E-state index contributed by atoms with van der Waals surface area (Å²) in [6, 6.07) is 13.5. The summed E-state index contributed by atoms with van der Waals surface area (Å²) in [6.07, 6.45) is 0.141. The van der Waals surface area contributed by atoms with E-state index in [0.717, 1.165) is 22.4 Å². The maximum atomic E-state index is 12.0. The maximum Gasteiger partial charge on any atom is 0.310 e. The number of esters is 1. The average molecular weight is 317 g/mol. The fourth-order valence-electron chi connectivity index (χ4n) is 2.88. The third-order valence-electron chi connectivity index (χ3n) is 3.85. The number of halogens is 1. The monoisotopic (exact) mass is 316 g/mol. The van der Waals surface area contributed by atoms with E-state index in [-0.39, 0.29) is 12.4 Å². The number of rotatable bonds is 3. The fourth-order valence-corrected chi connectivity index (χ4v) is 3.06. The summed E-state index contributed by atoms with van der Waals surface area (Å²) in [7, 11) is 0. The molecule has 1 atom stereocenters. The molecule has 0 spiro atoms. The van der Waals surface area contributed by atoms with Crippen LogP contribution in [0, 0.1) is 0 Å². The Morgan fingerprint density at radius 2 is 2.00 bits per heavy atom. The van der Waals surface area contributed by atoms with Crippen molar-refractivity contribution in [3.63, 3.8) is 0 Å². The Labute approximate surface area is 134 Å². The molecule has 0 radical (unpaired) electrons. The van der Waals surface area contributed by atoms with Crippen LogP contribution in [0.5, 0.6) is 5.75 Å². The predicted molar refractivity (Wildman–Crippen MR) is 86.1 cm³/mol. The van der Waals surface area contributed by atoms with Crippen LogP contribution in [0.25, 0.3) is 11.1 Å². The topological polar surface area (TPSA) is 35.5 Å². The lowest BCUT2D eigenvalue weighted by atomic mass is 9.83. The second-order valence-electron chi connectivity index (χ2n) is 5.50. The molecule has 0 aromatic heterocycles. The lowest BCUT2D eigenvalue weighted by Crippen LogP contribution is -2.36. The highest BCUT2D eigenvalue weighted by molar-refractivity contribution is 6.30. The van der Waals surface area contributed by atoms with Crippen LogP contribution in [0.15, 0.2) is 42.5 Å². The highest BCUT2D eigenvalue weighted by atomic mass is 35.5. The summed E-state index contributed by atoms with van der Waals surface area (Å²) in [4.78, 5) is 12.0. The van der Waals surface area contributed by atoms with Crippen molar-refractivity contribution in [2.75, 3.05) is 6.61 Å². The molecule has 0 saturated heterocycles. The lowest BCUT2D eigenvalue weighted by molar-refractivity contribution is -0.147. The second-order valence-corrected chi connectivity index (χ2v) is 5.94. The molecule has 3 nitrogen and oxygen atoms in total. The van der Waals surface area contributed by atoms with Crippen molar-refractivity contribution in [3.05, 3.63) is 53.1 Å². The Hall–Kier alpha value is -2.00. The van der Waals surface area contributed by atoms with Crippen molar-refractivity contribution in [2.24, 2.45) is 0 Å². The molecule has 2 aromatic rings. The number of hydrogen-bond acceptors (Lipinski definition) is 3. The van der Waals surface area contributed by atoms with Gasteiger partial charge in [0, 0.05) is 16.1 Å². The van der Waals surface area contributed by atoms with Crippen molar-refractivity contribution in [1.82, 2.24) is 0 Å². The van der Waals surface area contributed by atoms with Gasteiger partial charge < -0.3 is 9.47 Å². The maximum absolute atomic E-state index is 12.0. The van der Waals surface area contributed by atoms with Crippen LogP contribution >= 0.6 is 11.6 Å². The van der Waals surface area contributed by atoms with E-state index in [1.165, 1.54) is 0 Å². The largest absolute Gasteiger partial charge is 0.482 e. The number of fused-ring (bicyclic) bond motifs is 3. The minimum Gasteiger partial charge on any atom is -0.482 e. The molecule has 0 bridgehead atoms. The number of ether oxygens (including phenoxy) is 2. The molecule has 1 aliphatic heterocycles. The van der Waals surface area contributed by atoms with Gasteiger partial charge in [0.2, 0.25) is 0 Å². The molecule has 0 amide bonds. The zero-order chi connectivity index (χ0) is 15.7. The molecule has 1 heterocycles. The van der Waals surface area contributed by atoms with Gasteiger partial charge in [0.25, 0.3) is 0 Å². The molecular formula is C18H17ClO3. The normalized spacial score (nSPS) is 18.9. The van der Waals surface area contributed by atoms with Gasteiger partial charge in [-0.25, -0.2) is 0 Å². The number of carbonyl (C=O) groups excluding carboxylic acids is 1. The standard InChI is InChI=1S/C18H17ClO3/c1-3-21-17(20)11-18(2)15-10-12(19)8-9-13(15)14-6-4-5-7-16(14)22-18/h4-10H,3,11H2,1-2H3. The van der Waals surface area contributed by atoms with Crippen molar-refractivity contribution < 1.29 is 14.3 Å². The molecule has 1 aliphatic rings. The molecule has 0 saturated carbocycles. The van der Waals surface area contributed by atoms with Crippen LogP contribution in [0.2, 0.25) is 5.02 Å². The van der Waals surface area contributed by atoms with E-state index < -0.39 is 5.60 Å². The van der Waals surface area contributed by atoms with E-state index in [1.54, 1.807) is 6.92 Å². The Morgan fingerprint density at radius 3 is 2.77 bits per heavy atom. The smallest absolute Gasteiger partial charge is 0.310 e. The molecular weight excluding hydrogens is 300 g/mol. The van der Waals surface area contributed by atoms with Crippen molar-refractivity contribution in [2.45, 2.75) is 25.9 Å². The molecule has 1 unspecified atom stereocenters. The van der Waals surface area contributed by atoms with Crippen LogP contribution in [0.3, 0.4) is 0 Å². The van der Waals surface area contributed by atoms with Crippen LogP contribution < -0.4 is 4.74 Å². The van der Waals surface area contributed by atoms with Gasteiger partial charge >= 0.3 is 5.97 Å². The molecule has 0 N–H and O–H groups in total. The zero-order valence-corrected chi connectivity index (χ0v) is 13.3. The van der Waals surface area contributed by atoms with Gasteiger partial charge in [0.15, 0.2) is 0 Å². The van der Waals surface area contributed by atoms with Crippen molar-refractivity contribution >= 4 is 17.6 Å². The van der Waals surface area contributed by atoms with Gasteiger partial charge in [-0.05, 0) is 37.6 Å². The van der Waals surface area contributed by atoms with E-state index >= 15 is 0 Å². The van der Waals surface area contributed by atoms with Crippen LogP contribution in [-0.2, 0) is 15.1 Å². The third-order valence-corrected chi connectivity index (χ3v) is 4.09. The van der Waals surface area contributed by atoms with Gasteiger partial charge in [0.05, 0.1) is 13.0 Å². The quantitative estimate of drug-likeness (QED) is 0.778. The summed E-state index contributed by atoms with van der Waals surface area (Å²) in [5.41, 5.74) is 2.17. The number of para-hydroxylation sites is 1. The van der Waals surface area contributed by atoms with Crippen LogP contribution in [-0.4, -0.2) is 12.6 Å². The molecule has 3 rings (SSSR count). The van der Waals surface area contributed by atoms with Gasteiger partial charge in [-0.1, -0.05) is 35.9 Å². The Bertz CT molecular complexity index is 726. The summed E-state index contributed by atoms with van der Waals surface area (Å²) in [5, 5.41) is 0.622. The highest BCUT2D eigenvalue weighted by Crippen LogP contribution is 2.47. The molecule has 4 heteroatoms. The number of carbonyl (C=O) groups is 1. The van der Waals surface area contributed by atoms with E-state index in [9.17, 15) is 4.79 Å². The third kappa shape index (κ3) is 2.57. The van der Waals surface area contributed by atoms with Gasteiger partial charge in [-0.2, -0.15) is 0 Å². The van der Waals surface area contributed by atoms with E-state index in [4.69, 9.17) is 21.1 Å². The summed E-state index contributed by atoms with van der Waals surface area (Å²) < 4.78 is 11.2. The Kier molecular flexibility index (Phi) is 3.83. The first kappa shape index (κ1) is 14.9. The van der Waals surface area contributed by atoms with Crippen molar-refractivity contribution in [1.29, 1.82) is 0 Å². The van der Waals surface area contributed by atoms with Crippen LogP contribution in [0.1, 0.15) is 25.8 Å². The second kappa shape index (κ2) is 5.65. The van der Waals surface area contributed by atoms with Gasteiger partial charge in [0.1, 0.15) is 11.4 Å². The SMILES string of the molecule is CCOC(=O)CC1(C)Oc2ccccc2-c2ccc(Cl)cc21. The Balaban J connectivity index is 2.11. The summed E-state index contributed by atoms with van der Waals surface area (Å²) in [6.45, 7) is 4.05. The minimum atomic E-state index is -0.791. The first-order chi connectivity index (χ1) is 10.5. The fraction of sp³-hybridized carbons (Fsp3) is 0.278. The summed E-state index contributed by atoms with van der Waals surface area (Å²) >= 11 is 6.16. The van der Waals surface area contributed by atoms with E-state index in [2.05, 4.69) is 0 Å². The van der Waals surface area contributed by atoms with Gasteiger partial charge in [-0.3, -0.25) is 4.79 Å². The van der Waals surface area contributed by atoms with E-state index in [1.807, 2.05) is 49.4 Å². The molecule has 0 fully saturated rings. The van der Waals surface area contributed by atoms with Crippen molar-refractivity contribution in [3.8, 4) is 16.9 Å². The van der Waals surface area contributed by atoms with Crippen LogP contribution in [0.4, 0.5) is 0 Å². The predicted octanol–water partition coefficient (Wildman–Crippen LogP) is 4.57. The molecule has 114 valence electrons. The first-order valence-corrected chi connectivity index (χ1v) is 7.65. The average Bonchev–Trinajstić information content (AvgIpc) is 2.47. The molecule has 2 aromatic carbocycles. The number of hydrogen-bond donors (Lipinski definition) is 0. The first-order valence-electron chi connectivity index (χ1n) is 7.27. The molecule has 22 heavy (non-hydrogen) atoms. The summed E-state index contributed by atoms with van der Waals surface area (Å²) in [5.74, 6) is 0.486. The number of benzene rings is 2. The van der Waals surface area contributed by atoms with Gasteiger partial charge in [-0.15, -0.1) is 0 Å². The highest BCUT2D eigenvalue weighted by Gasteiger charge is 2.39. The molecule has 0 aliphatic carbocycles. The zero-order valence-electron chi connectivity index (χ0n) is 12.6. The Morgan fingerprint density at radius 1 is 1.23 bits per heavy atom.